The van der Waals surface area contributed by atoms with Gasteiger partial charge in [-0.25, -0.2) is 9.59 Å². The molecule has 5 amide bonds. The second-order valence-corrected chi connectivity index (χ2v) is 13.2. The van der Waals surface area contributed by atoms with Crippen molar-refractivity contribution in [2.24, 2.45) is 23.7 Å². The van der Waals surface area contributed by atoms with Crippen LogP contribution in [-0.4, -0.2) is 76.8 Å². The van der Waals surface area contributed by atoms with E-state index < -0.39 is 83.5 Å². The minimum absolute atomic E-state index is 0.000166. The third-order valence-corrected chi connectivity index (χ3v) is 7.51. The van der Waals surface area contributed by atoms with Gasteiger partial charge in [0, 0.05) is 0 Å². The molecule has 0 aliphatic heterocycles. The SMILES string of the molecule is CC[C@H](NC(=O)[C@@H](NC(=O)[C@@H](NC(=O)OCc1ccccc1)C(C)C)C(C)C)C(=O)C(=O)N[C@H](CC(C)C)C(=O)N[C@H](C(=O)O)C(C)C. The minimum Gasteiger partial charge on any atom is -0.480 e. The Hall–Kier alpha value is -4.49. The molecular weight excluding hydrogens is 622 g/mol. The van der Waals surface area contributed by atoms with Crippen molar-refractivity contribution < 1.29 is 43.4 Å². The van der Waals surface area contributed by atoms with E-state index in [9.17, 15) is 38.7 Å². The lowest BCUT2D eigenvalue weighted by molar-refractivity contribution is -0.144. The highest BCUT2D eigenvalue weighted by Crippen LogP contribution is 2.11. The average Bonchev–Trinajstić information content (AvgIpc) is 3.01. The monoisotopic (exact) mass is 675 g/mol. The number of ketones is 1. The zero-order valence-electron chi connectivity index (χ0n) is 29.4. The molecule has 1 aromatic rings. The minimum atomic E-state index is -1.28. The van der Waals surface area contributed by atoms with Gasteiger partial charge in [-0.05, 0) is 42.1 Å². The first kappa shape index (κ1) is 41.5. The molecule has 1 aromatic carbocycles. The number of carbonyl (C=O) groups excluding carboxylic acids is 6. The van der Waals surface area contributed by atoms with Gasteiger partial charge in [0.2, 0.25) is 23.5 Å². The van der Waals surface area contributed by atoms with Crippen LogP contribution in [0.15, 0.2) is 30.3 Å². The molecule has 0 aliphatic rings. The Morgan fingerprint density at radius 2 is 1.15 bits per heavy atom. The summed E-state index contributed by atoms with van der Waals surface area (Å²) in [6, 6.07) is 3.15. The van der Waals surface area contributed by atoms with Gasteiger partial charge in [0.1, 0.15) is 30.8 Å². The van der Waals surface area contributed by atoms with Gasteiger partial charge in [0.15, 0.2) is 0 Å². The normalized spacial score (nSPS) is 14.4. The third kappa shape index (κ3) is 13.7. The maximum absolute atomic E-state index is 13.4. The Morgan fingerprint density at radius 1 is 0.646 bits per heavy atom. The molecule has 268 valence electrons. The largest absolute Gasteiger partial charge is 0.480 e. The number of amides is 5. The Kier molecular flexibility index (Phi) is 17.3. The summed E-state index contributed by atoms with van der Waals surface area (Å²) in [5, 5.41) is 22.0. The highest BCUT2D eigenvalue weighted by atomic mass is 16.5. The molecule has 0 radical (unpaired) electrons. The van der Waals surface area contributed by atoms with Crippen LogP contribution >= 0.6 is 0 Å². The number of hydrogen-bond acceptors (Lipinski definition) is 8. The number of rotatable bonds is 19. The van der Waals surface area contributed by atoms with E-state index in [4.69, 9.17) is 4.74 Å². The topological polar surface area (TPSA) is 209 Å². The zero-order valence-corrected chi connectivity index (χ0v) is 29.4. The summed E-state index contributed by atoms with van der Waals surface area (Å²) in [6.07, 6.45) is -0.659. The van der Waals surface area contributed by atoms with Gasteiger partial charge >= 0.3 is 12.1 Å². The maximum atomic E-state index is 13.4. The van der Waals surface area contributed by atoms with E-state index in [1.165, 1.54) is 0 Å². The van der Waals surface area contributed by atoms with E-state index in [2.05, 4.69) is 26.6 Å². The molecule has 14 heteroatoms. The number of nitrogens with one attached hydrogen (secondary N) is 5. The molecule has 0 unspecified atom stereocenters. The van der Waals surface area contributed by atoms with Crippen molar-refractivity contribution >= 4 is 41.5 Å². The lowest BCUT2D eigenvalue weighted by atomic mass is 9.98. The molecule has 6 N–H and O–H groups in total. The maximum Gasteiger partial charge on any atom is 0.408 e. The molecule has 0 aromatic heterocycles. The van der Waals surface area contributed by atoms with Gasteiger partial charge in [-0.15, -0.1) is 0 Å². The Bertz CT molecular complexity index is 1270. The Balaban J connectivity index is 2.98. The fraction of sp³-hybridized carbons (Fsp3) is 0.618. The lowest BCUT2D eigenvalue weighted by Gasteiger charge is -2.28. The molecule has 0 saturated carbocycles. The Morgan fingerprint density at radius 3 is 1.62 bits per heavy atom. The molecule has 0 heterocycles. The number of carbonyl (C=O) groups is 7. The predicted octanol–water partition coefficient (Wildman–Crippen LogP) is 2.30. The van der Waals surface area contributed by atoms with Crippen molar-refractivity contribution in [1.82, 2.24) is 26.6 Å². The number of Topliss-reactive ketones (excluding diaryl/α,β-unsaturated/α-hetero) is 1. The molecule has 1 rings (SSSR count). The standard InChI is InChI=1S/C34H53N5O9/c1-10-23(28(40)32(44)36-24(16-18(2)3)29(41)38-27(21(8)9)33(45)46)35-30(42)25(19(4)5)37-31(43)26(20(6)7)39-34(47)48-17-22-14-12-11-13-15-22/h11-15,18-21,23-27H,10,16-17H2,1-9H3,(H,35,42)(H,36,44)(H,37,43)(H,38,41)(H,39,47)(H,45,46)/t23-,24+,25-,26-,27-/m0/s1. The molecule has 5 atom stereocenters. The van der Waals surface area contributed by atoms with Crippen LogP contribution in [0.3, 0.4) is 0 Å². The van der Waals surface area contributed by atoms with Crippen molar-refractivity contribution in [1.29, 1.82) is 0 Å². The van der Waals surface area contributed by atoms with E-state index in [0.717, 1.165) is 5.56 Å². The van der Waals surface area contributed by atoms with Gasteiger partial charge in [-0.3, -0.25) is 24.0 Å². The molecule has 0 spiro atoms. The van der Waals surface area contributed by atoms with Crippen LogP contribution < -0.4 is 26.6 Å². The van der Waals surface area contributed by atoms with Crippen LogP contribution in [0.1, 0.15) is 80.7 Å². The Labute approximate surface area is 282 Å². The highest BCUT2D eigenvalue weighted by molar-refractivity contribution is 6.38. The number of benzene rings is 1. The molecule has 0 aliphatic carbocycles. The van der Waals surface area contributed by atoms with Crippen LogP contribution in [0, 0.1) is 23.7 Å². The summed E-state index contributed by atoms with van der Waals surface area (Å²) in [5.41, 5.74) is 0.764. The fourth-order valence-corrected chi connectivity index (χ4v) is 4.68. The van der Waals surface area contributed by atoms with E-state index in [0.29, 0.717) is 0 Å². The van der Waals surface area contributed by atoms with Gasteiger partial charge in [0.25, 0.3) is 5.91 Å². The molecule has 14 nitrogen and oxygen atoms in total. The number of ether oxygens (including phenoxy) is 1. The summed E-state index contributed by atoms with van der Waals surface area (Å²) in [4.78, 5) is 89.9. The van der Waals surface area contributed by atoms with E-state index >= 15 is 0 Å². The van der Waals surface area contributed by atoms with Crippen LogP contribution in [0.5, 0.6) is 0 Å². The number of carboxylic acids is 1. The van der Waals surface area contributed by atoms with Gasteiger partial charge in [0.05, 0.1) is 6.04 Å². The van der Waals surface area contributed by atoms with Crippen LogP contribution in [0.25, 0.3) is 0 Å². The quantitative estimate of drug-likeness (QED) is 0.119. The van der Waals surface area contributed by atoms with Crippen molar-refractivity contribution in [3.8, 4) is 0 Å². The molecule has 48 heavy (non-hydrogen) atoms. The van der Waals surface area contributed by atoms with E-state index in [1.54, 1.807) is 86.6 Å². The number of alkyl carbamates (subject to hydrolysis) is 1. The second kappa shape index (κ2) is 20.0. The first-order chi connectivity index (χ1) is 22.4. The number of carboxylic acid groups (broad SMARTS) is 1. The summed E-state index contributed by atoms with van der Waals surface area (Å²) in [5.74, 6) is -6.83. The van der Waals surface area contributed by atoms with E-state index in [-0.39, 0.29) is 31.3 Å². The van der Waals surface area contributed by atoms with Gasteiger partial charge in [-0.2, -0.15) is 0 Å². The number of hydrogen-bond donors (Lipinski definition) is 6. The summed E-state index contributed by atoms with van der Waals surface area (Å²) < 4.78 is 5.24. The van der Waals surface area contributed by atoms with Crippen molar-refractivity contribution in [3.05, 3.63) is 35.9 Å². The van der Waals surface area contributed by atoms with Crippen LogP contribution in [-0.2, 0) is 40.1 Å². The second-order valence-electron chi connectivity index (χ2n) is 13.2. The summed E-state index contributed by atoms with van der Waals surface area (Å²) in [6.45, 7) is 15.2. The summed E-state index contributed by atoms with van der Waals surface area (Å²) in [7, 11) is 0. The van der Waals surface area contributed by atoms with Crippen molar-refractivity contribution in [2.45, 2.75) is 112 Å². The summed E-state index contributed by atoms with van der Waals surface area (Å²) >= 11 is 0. The molecular formula is C34H53N5O9. The molecule has 0 saturated heterocycles. The molecule has 0 fully saturated rings. The van der Waals surface area contributed by atoms with Crippen molar-refractivity contribution in [2.75, 3.05) is 0 Å². The van der Waals surface area contributed by atoms with E-state index in [1.807, 2.05) is 6.07 Å². The third-order valence-electron chi connectivity index (χ3n) is 7.51. The average molecular weight is 676 g/mol. The number of aliphatic carboxylic acids is 1. The first-order valence-corrected chi connectivity index (χ1v) is 16.3. The van der Waals surface area contributed by atoms with Gasteiger partial charge < -0.3 is 36.4 Å². The van der Waals surface area contributed by atoms with Gasteiger partial charge in [-0.1, -0.05) is 92.6 Å². The zero-order chi connectivity index (χ0) is 36.7. The van der Waals surface area contributed by atoms with Crippen LogP contribution in [0.4, 0.5) is 4.79 Å². The smallest absolute Gasteiger partial charge is 0.408 e. The lowest BCUT2D eigenvalue weighted by Crippen LogP contribution is -2.59. The first-order valence-electron chi connectivity index (χ1n) is 16.3. The highest BCUT2D eigenvalue weighted by Gasteiger charge is 2.35. The predicted molar refractivity (Wildman–Crippen MR) is 178 cm³/mol. The van der Waals surface area contributed by atoms with Crippen LogP contribution in [0.2, 0.25) is 0 Å². The van der Waals surface area contributed by atoms with Crippen molar-refractivity contribution in [3.63, 3.8) is 0 Å². The molecule has 0 bridgehead atoms. The fourth-order valence-electron chi connectivity index (χ4n) is 4.68.